The van der Waals surface area contributed by atoms with Crippen LogP contribution in [0.4, 0.5) is 4.39 Å². The normalized spacial score (nSPS) is 15.1. The van der Waals surface area contributed by atoms with Crippen LogP contribution in [-0.4, -0.2) is 39.0 Å². The molecule has 0 bridgehead atoms. The molecule has 1 fully saturated rings. The molecular weight excluding hydrogens is 293 g/mol. The molecule has 0 unspecified atom stereocenters. The van der Waals surface area contributed by atoms with Crippen molar-refractivity contribution in [1.29, 1.82) is 5.26 Å². The van der Waals surface area contributed by atoms with E-state index in [9.17, 15) is 12.8 Å². The molecule has 0 aromatic heterocycles. The third kappa shape index (κ3) is 3.79. The van der Waals surface area contributed by atoms with E-state index < -0.39 is 21.4 Å². The molecule has 1 aliphatic rings. The molecule has 0 spiro atoms. The molecule has 0 amide bonds. The highest BCUT2D eigenvalue weighted by molar-refractivity contribution is 7.89. The molecule has 1 aliphatic carbocycles. The largest absolute Gasteiger partial charge is 0.299 e. The number of sulfonamides is 1. The summed E-state index contributed by atoms with van der Waals surface area (Å²) in [6, 6.07) is 5.76. The number of hydrogen-bond donors (Lipinski definition) is 1. The average molecular weight is 311 g/mol. The van der Waals surface area contributed by atoms with Crippen molar-refractivity contribution < 1.29 is 12.8 Å². The lowest BCUT2D eigenvalue weighted by Gasteiger charge is -2.19. The van der Waals surface area contributed by atoms with Crippen molar-refractivity contribution in [2.45, 2.75) is 30.7 Å². The van der Waals surface area contributed by atoms with Gasteiger partial charge in [-0.3, -0.25) is 4.90 Å². The first-order valence-corrected chi connectivity index (χ1v) is 8.40. The zero-order valence-electron chi connectivity index (χ0n) is 11.8. The van der Waals surface area contributed by atoms with E-state index in [0.717, 1.165) is 25.5 Å². The van der Waals surface area contributed by atoms with Gasteiger partial charge >= 0.3 is 0 Å². The Morgan fingerprint density at radius 1 is 1.48 bits per heavy atom. The highest BCUT2D eigenvalue weighted by Crippen LogP contribution is 2.26. The molecule has 114 valence electrons. The molecule has 0 saturated heterocycles. The van der Waals surface area contributed by atoms with Crippen LogP contribution in [0, 0.1) is 17.1 Å². The lowest BCUT2D eigenvalue weighted by Crippen LogP contribution is -2.36. The minimum Gasteiger partial charge on any atom is -0.299 e. The maximum absolute atomic E-state index is 13.5. The van der Waals surface area contributed by atoms with Crippen molar-refractivity contribution in [1.82, 2.24) is 9.62 Å². The van der Waals surface area contributed by atoms with Gasteiger partial charge in [-0.25, -0.2) is 17.5 Å². The molecule has 1 N–H and O–H groups in total. The van der Waals surface area contributed by atoms with Crippen LogP contribution < -0.4 is 4.72 Å². The standard InChI is InChI=1S/C14H18FN3O2S/c1-2-18(11-6-7-11)9-8-17-21(19,20)14-5-3-4-13(15)12(14)10-16/h3-5,11,17H,2,6-9H2,1H3. The third-order valence-corrected chi connectivity index (χ3v) is 5.04. The summed E-state index contributed by atoms with van der Waals surface area (Å²) < 4.78 is 40.3. The molecule has 1 aromatic rings. The van der Waals surface area contributed by atoms with Gasteiger partial charge < -0.3 is 0 Å². The predicted molar refractivity (Wildman–Crippen MR) is 76.6 cm³/mol. The van der Waals surface area contributed by atoms with Gasteiger partial charge in [-0.15, -0.1) is 0 Å². The Hall–Kier alpha value is -1.49. The van der Waals surface area contributed by atoms with Crippen LogP contribution >= 0.6 is 0 Å². The smallest absolute Gasteiger partial charge is 0.242 e. The van der Waals surface area contributed by atoms with E-state index >= 15 is 0 Å². The second-order valence-electron chi connectivity index (χ2n) is 4.98. The molecule has 5 nitrogen and oxygen atoms in total. The van der Waals surface area contributed by atoms with Gasteiger partial charge in [0.05, 0.1) is 0 Å². The van der Waals surface area contributed by atoms with Gasteiger partial charge in [0.2, 0.25) is 10.0 Å². The summed E-state index contributed by atoms with van der Waals surface area (Å²) in [7, 11) is -3.87. The molecule has 1 saturated carbocycles. The minimum absolute atomic E-state index is 0.244. The summed E-state index contributed by atoms with van der Waals surface area (Å²) in [6.45, 7) is 3.76. The van der Waals surface area contributed by atoms with E-state index in [0.29, 0.717) is 12.6 Å². The van der Waals surface area contributed by atoms with E-state index in [2.05, 4.69) is 9.62 Å². The highest BCUT2D eigenvalue weighted by atomic mass is 32.2. The average Bonchev–Trinajstić information content (AvgIpc) is 3.28. The highest BCUT2D eigenvalue weighted by Gasteiger charge is 2.28. The quantitative estimate of drug-likeness (QED) is 0.827. The molecule has 2 rings (SSSR count). The molecular formula is C14H18FN3O2S. The fourth-order valence-electron chi connectivity index (χ4n) is 2.28. The first-order valence-electron chi connectivity index (χ1n) is 6.92. The second-order valence-corrected chi connectivity index (χ2v) is 6.72. The Morgan fingerprint density at radius 3 is 2.76 bits per heavy atom. The van der Waals surface area contributed by atoms with Crippen LogP contribution in [0.2, 0.25) is 0 Å². The van der Waals surface area contributed by atoms with E-state index in [1.165, 1.54) is 12.1 Å². The Morgan fingerprint density at radius 2 is 2.19 bits per heavy atom. The Kier molecular flexibility index (Phi) is 4.93. The summed E-state index contributed by atoms with van der Waals surface area (Å²) in [6.07, 6.45) is 2.31. The fourth-order valence-corrected chi connectivity index (χ4v) is 3.46. The number of halogens is 1. The second kappa shape index (κ2) is 6.52. The summed E-state index contributed by atoms with van der Waals surface area (Å²) in [5.74, 6) is -0.825. The molecule has 0 heterocycles. The van der Waals surface area contributed by atoms with Crippen LogP contribution in [-0.2, 0) is 10.0 Å². The van der Waals surface area contributed by atoms with Crippen molar-refractivity contribution >= 4 is 10.0 Å². The van der Waals surface area contributed by atoms with Crippen LogP contribution in [0.3, 0.4) is 0 Å². The minimum atomic E-state index is -3.87. The maximum Gasteiger partial charge on any atom is 0.242 e. The lowest BCUT2D eigenvalue weighted by molar-refractivity contribution is 0.282. The number of rotatable bonds is 7. The van der Waals surface area contributed by atoms with Crippen LogP contribution in [0.5, 0.6) is 0 Å². The van der Waals surface area contributed by atoms with Gasteiger partial charge in [0.25, 0.3) is 0 Å². The predicted octanol–water partition coefficient (Wildman–Crippen LogP) is 1.46. The third-order valence-electron chi connectivity index (χ3n) is 3.54. The van der Waals surface area contributed by atoms with Crippen LogP contribution in [0.15, 0.2) is 23.1 Å². The van der Waals surface area contributed by atoms with Gasteiger partial charge in [-0.1, -0.05) is 13.0 Å². The number of nitrogens with one attached hydrogen (secondary N) is 1. The van der Waals surface area contributed by atoms with Gasteiger partial charge in [-0.05, 0) is 31.5 Å². The van der Waals surface area contributed by atoms with Crippen molar-refractivity contribution in [2.24, 2.45) is 0 Å². The van der Waals surface area contributed by atoms with E-state index in [4.69, 9.17) is 5.26 Å². The summed E-state index contributed by atoms with van der Waals surface area (Å²) in [5.41, 5.74) is -0.445. The molecule has 1 aromatic carbocycles. The number of hydrogen-bond acceptors (Lipinski definition) is 4. The van der Waals surface area contributed by atoms with E-state index in [1.807, 2.05) is 6.92 Å². The molecule has 21 heavy (non-hydrogen) atoms. The van der Waals surface area contributed by atoms with Crippen LogP contribution in [0.1, 0.15) is 25.3 Å². The zero-order valence-corrected chi connectivity index (χ0v) is 12.7. The van der Waals surface area contributed by atoms with Crippen molar-refractivity contribution in [2.75, 3.05) is 19.6 Å². The number of benzene rings is 1. The van der Waals surface area contributed by atoms with Gasteiger partial charge in [0, 0.05) is 19.1 Å². The molecule has 0 radical (unpaired) electrons. The molecule has 0 atom stereocenters. The Bertz CT molecular complexity index is 651. The van der Waals surface area contributed by atoms with Crippen molar-refractivity contribution in [3.8, 4) is 6.07 Å². The van der Waals surface area contributed by atoms with Gasteiger partial charge in [0.15, 0.2) is 0 Å². The van der Waals surface area contributed by atoms with Crippen LogP contribution in [0.25, 0.3) is 0 Å². The van der Waals surface area contributed by atoms with Crippen molar-refractivity contribution in [3.05, 3.63) is 29.6 Å². The Labute approximate surface area is 124 Å². The number of nitriles is 1. The zero-order chi connectivity index (χ0) is 15.5. The SMILES string of the molecule is CCN(CCNS(=O)(=O)c1cccc(F)c1C#N)C1CC1. The van der Waals surface area contributed by atoms with Crippen molar-refractivity contribution in [3.63, 3.8) is 0 Å². The van der Waals surface area contributed by atoms with Gasteiger partial charge in [-0.2, -0.15) is 5.26 Å². The fraction of sp³-hybridized carbons (Fsp3) is 0.500. The summed E-state index contributed by atoms with van der Waals surface area (Å²) >= 11 is 0. The number of likely N-dealkylation sites (N-methyl/N-ethyl adjacent to an activating group) is 1. The molecule has 7 heteroatoms. The Balaban J connectivity index is 2.05. The monoisotopic (exact) mass is 311 g/mol. The topological polar surface area (TPSA) is 73.2 Å². The first-order chi connectivity index (χ1) is 9.99. The first kappa shape index (κ1) is 15.9. The molecule has 0 aliphatic heterocycles. The maximum atomic E-state index is 13.5. The summed E-state index contributed by atoms with van der Waals surface area (Å²) in [5, 5.41) is 8.90. The number of nitrogens with zero attached hydrogens (tertiary/aromatic N) is 2. The summed E-state index contributed by atoms with van der Waals surface area (Å²) in [4.78, 5) is 1.90. The van der Waals surface area contributed by atoms with E-state index in [-0.39, 0.29) is 11.4 Å². The van der Waals surface area contributed by atoms with E-state index in [1.54, 1.807) is 6.07 Å². The van der Waals surface area contributed by atoms with Gasteiger partial charge in [0.1, 0.15) is 22.3 Å². The lowest BCUT2D eigenvalue weighted by atomic mass is 10.2.